The quantitative estimate of drug-likeness (QED) is 0.600. The number of aromatic nitrogens is 1. The van der Waals surface area contributed by atoms with E-state index in [4.69, 9.17) is 5.41 Å². The van der Waals surface area contributed by atoms with E-state index < -0.39 is 0 Å². The standard InChI is InChI=1S/C8H12N2/c1-7(6-9)8-4-3-5-10(8)2/h3-7,9H,1-2H3. The van der Waals surface area contributed by atoms with Gasteiger partial charge in [-0.25, -0.2) is 0 Å². The number of nitrogens with one attached hydrogen (secondary N) is 1. The summed E-state index contributed by atoms with van der Waals surface area (Å²) < 4.78 is 2.04. The highest BCUT2D eigenvalue weighted by Crippen LogP contribution is 2.11. The molecule has 1 N–H and O–H groups in total. The average molecular weight is 136 g/mol. The van der Waals surface area contributed by atoms with Gasteiger partial charge >= 0.3 is 0 Å². The van der Waals surface area contributed by atoms with Crippen LogP contribution in [0.3, 0.4) is 0 Å². The molecular weight excluding hydrogens is 124 g/mol. The van der Waals surface area contributed by atoms with Crippen LogP contribution in [0.5, 0.6) is 0 Å². The molecule has 1 rings (SSSR count). The zero-order chi connectivity index (χ0) is 7.56. The van der Waals surface area contributed by atoms with E-state index in [-0.39, 0.29) is 5.92 Å². The fourth-order valence-corrected chi connectivity index (χ4v) is 1.03. The highest BCUT2D eigenvalue weighted by Gasteiger charge is 2.02. The highest BCUT2D eigenvalue weighted by atomic mass is 14.9. The molecule has 0 saturated carbocycles. The smallest absolute Gasteiger partial charge is 0.0311 e. The minimum atomic E-state index is 0.236. The third-order valence-electron chi connectivity index (χ3n) is 1.70. The van der Waals surface area contributed by atoms with Crippen molar-refractivity contribution in [1.29, 1.82) is 5.41 Å². The molecule has 1 heterocycles. The van der Waals surface area contributed by atoms with Crippen molar-refractivity contribution in [3.05, 3.63) is 24.0 Å². The average Bonchev–Trinajstić information content (AvgIpc) is 2.34. The van der Waals surface area contributed by atoms with Crippen molar-refractivity contribution in [3.8, 4) is 0 Å². The fraction of sp³-hybridized carbons (Fsp3) is 0.375. The van der Waals surface area contributed by atoms with Gasteiger partial charge < -0.3 is 9.98 Å². The van der Waals surface area contributed by atoms with Crippen LogP contribution in [-0.2, 0) is 7.05 Å². The van der Waals surface area contributed by atoms with E-state index in [1.807, 2.05) is 36.9 Å². The van der Waals surface area contributed by atoms with Gasteiger partial charge in [-0.05, 0) is 12.1 Å². The highest BCUT2D eigenvalue weighted by molar-refractivity contribution is 5.63. The predicted molar refractivity (Wildman–Crippen MR) is 42.6 cm³/mol. The molecule has 0 saturated heterocycles. The number of nitrogens with zero attached hydrogens (tertiary/aromatic N) is 1. The Balaban J connectivity index is 2.92. The molecule has 1 aromatic heterocycles. The van der Waals surface area contributed by atoms with Crippen molar-refractivity contribution < 1.29 is 0 Å². The summed E-state index contributed by atoms with van der Waals surface area (Å²) in [5.41, 5.74) is 1.19. The first-order chi connectivity index (χ1) is 4.75. The van der Waals surface area contributed by atoms with Crippen LogP contribution in [0.15, 0.2) is 18.3 Å². The first-order valence-corrected chi connectivity index (χ1v) is 3.37. The maximum absolute atomic E-state index is 7.04. The molecule has 0 radical (unpaired) electrons. The third kappa shape index (κ3) is 1.10. The van der Waals surface area contributed by atoms with E-state index in [0.717, 1.165) is 0 Å². The second kappa shape index (κ2) is 2.69. The summed E-state index contributed by atoms with van der Waals surface area (Å²) >= 11 is 0. The molecule has 0 aliphatic carbocycles. The first kappa shape index (κ1) is 7.06. The van der Waals surface area contributed by atoms with Gasteiger partial charge in [-0.1, -0.05) is 6.92 Å². The molecule has 0 aromatic carbocycles. The lowest BCUT2D eigenvalue weighted by Crippen LogP contribution is -2.00. The predicted octanol–water partition coefficient (Wildman–Crippen LogP) is 1.78. The molecule has 2 heteroatoms. The SMILES string of the molecule is CC(C=N)c1cccn1C. The van der Waals surface area contributed by atoms with E-state index in [1.165, 1.54) is 11.9 Å². The van der Waals surface area contributed by atoms with Crippen LogP contribution in [0.25, 0.3) is 0 Å². The minimum Gasteiger partial charge on any atom is -0.354 e. The molecule has 0 aliphatic rings. The second-order valence-corrected chi connectivity index (χ2v) is 2.50. The van der Waals surface area contributed by atoms with E-state index in [9.17, 15) is 0 Å². The summed E-state index contributed by atoms with van der Waals surface area (Å²) in [5, 5.41) is 7.04. The molecule has 2 nitrogen and oxygen atoms in total. The summed E-state index contributed by atoms with van der Waals surface area (Å²) in [6.45, 7) is 2.02. The van der Waals surface area contributed by atoms with Gasteiger partial charge in [0, 0.05) is 31.1 Å². The lowest BCUT2D eigenvalue weighted by atomic mass is 10.1. The van der Waals surface area contributed by atoms with Crippen molar-refractivity contribution in [2.24, 2.45) is 7.05 Å². The Morgan fingerprint density at radius 2 is 2.40 bits per heavy atom. The summed E-state index contributed by atoms with van der Waals surface area (Å²) in [6.07, 6.45) is 3.45. The largest absolute Gasteiger partial charge is 0.354 e. The zero-order valence-electron chi connectivity index (χ0n) is 6.33. The van der Waals surface area contributed by atoms with Crippen LogP contribution in [0.2, 0.25) is 0 Å². The molecule has 0 fully saturated rings. The van der Waals surface area contributed by atoms with E-state index in [2.05, 4.69) is 0 Å². The molecule has 1 atom stereocenters. The van der Waals surface area contributed by atoms with Crippen LogP contribution in [-0.4, -0.2) is 10.8 Å². The number of hydrogen-bond donors (Lipinski definition) is 1. The second-order valence-electron chi connectivity index (χ2n) is 2.50. The molecular formula is C8H12N2. The normalized spacial score (nSPS) is 13.0. The Morgan fingerprint density at radius 3 is 2.80 bits per heavy atom. The van der Waals surface area contributed by atoms with Crippen LogP contribution in [0.1, 0.15) is 18.5 Å². The zero-order valence-corrected chi connectivity index (χ0v) is 6.33. The number of hydrogen-bond acceptors (Lipinski definition) is 1. The Hall–Kier alpha value is -1.05. The van der Waals surface area contributed by atoms with Gasteiger partial charge in [-0.2, -0.15) is 0 Å². The molecule has 0 amide bonds. The Kier molecular flexibility index (Phi) is 1.90. The Morgan fingerprint density at radius 1 is 1.70 bits per heavy atom. The van der Waals surface area contributed by atoms with Gasteiger partial charge in [0.05, 0.1) is 0 Å². The summed E-state index contributed by atoms with van der Waals surface area (Å²) in [7, 11) is 2.00. The molecule has 54 valence electrons. The van der Waals surface area contributed by atoms with Crippen LogP contribution < -0.4 is 0 Å². The Bertz CT molecular complexity index is 225. The van der Waals surface area contributed by atoms with Crippen molar-refractivity contribution in [3.63, 3.8) is 0 Å². The molecule has 1 unspecified atom stereocenters. The van der Waals surface area contributed by atoms with Crippen LogP contribution in [0.4, 0.5) is 0 Å². The topological polar surface area (TPSA) is 28.8 Å². The monoisotopic (exact) mass is 136 g/mol. The van der Waals surface area contributed by atoms with Gasteiger partial charge in [-0.15, -0.1) is 0 Å². The van der Waals surface area contributed by atoms with Gasteiger partial charge in [0.15, 0.2) is 0 Å². The van der Waals surface area contributed by atoms with Gasteiger partial charge in [0.25, 0.3) is 0 Å². The molecule has 1 aromatic rings. The van der Waals surface area contributed by atoms with Gasteiger partial charge in [0.1, 0.15) is 0 Å². The third-order valence-corrected chi connectivity index (χ3v) is 1.70. The lowest BCUT2D eigenvalue weighted by molar-refractivity contribution is 0.811. The van der Waals surface area contributed by atoms with Gasteiger partial charge in [-0.3, -0.25) is 0 Å². The Labute approximate surface area is 61.0 Å². The van der Waals surface area contributed by atoms with Crippen molar-refractivity contribution in [2.45, 2.75) is 12.8 Å². The van der Waals surface area contributed by atoms with Crippen molar-refractivity contribution >= 4 is 6.21 Å². The molecule has 0 bridgehead atoms. The maximum atomic E-state index is 7.04. The molecule has 0 aliphatic heterocycles. The van der Waals surface area contributed by atoms with Crippen molar-refractivity contribution in [2.75, 3.05) is 0 Å². The number of aryl methyl sites for hydroxylation is 1. The number of rotatable bonds is 2. The minimum absolute atomic E-state index is 0.236. The summed E-state index contributed by atoms with van der Waals surface area (Å²) in [6, 6.07) is 4.03. The first-order valence-electron chi connectivity index (χ1n) is 3.37. The van der Waals surface area contributed by atoms with Crippen molar-refractivity contribution in [1.82, 2.24) is 4.57 Å². The lowest BCUT2D eigenvalue weighted by Gasteiger charge is -2.05. The fourth-order valence-electron chi connectivity index (χ4n) is 1.03. The van der Waals surface area contributed by atoms with Gasteiger partial charge in [0.2, 0.25) is 0 Å². The van der Waals surface area contributed by atoms with E-state index >= 15 is 0 Å². The van der Waals surface area contributed by atoms with Crippen LogP contribution >= 0.6 is 0 Å². The molecule has 0 spiro atoms. The van der Waals surface area contributed by atoms with E-state index in [1.54, 1.807) is 0 Å². The summed E-state index contributed by atoms with van der Waals surface area (Å²) in [5.74, 6) is 0.236. The summed E-state index contributed by atoms with van der Waals surface area (Å²) in [4.78, 5) is 0. The van der Waals surface area contributed by atoms with Crippen LogP contribution in [0, 0.1) is 5.41 Å². The maximum Gasteiger partial charge on any atom is 0.0311 e. The van der Waals surface area contributed by atoms with E-state index in [0.29, 0.717) is 0 Å². The molecule has 10 heavy (non-hydrogen) atoms.